The summed E-state index contributed by atoms with van der Waals surface area (Å²) in [5.74, 6) is 0. The Morgan fingerprint density at radius 3 is 0.608 bits per heavy atom. The van der Waals surface area contributed by atoms with Crippen molar-refractivity contribution in [2.45, 2.75) is 272 Å². The molecule has 51 heavy (non-hydrogen) atoms. The van der Waals surface area contributed by atoms with Crippen LogP contribution >= 0.6 is 0 Å². The molecule has 0 atom stereocenters. The zero-order valence-electron chi connectivity index (χ0n) is 36.2. The largest absolute Gasteiger partial charge is 0.394 e. The summed E-state index contributed by atoms with van der Waals surface area (Å²) >= 11 is 0. The molecule has 0 rings (SSSR count). The smallest absolute Gasteiger partial charge is 0.312 e. The first-order valence-electron chi connectivity index (χ1n) is 22.3. The molecule has 0 saturated carbocycles. The summed E-state index contributed by atoms with van der Waals surface area (Å²) in [4.78, 5) is 0. The van der Waals surface area contributed by atoms with E-state index in [0.29, 0.717) is 0 Å². The van der Waals surface area contributed by atoms with E-state index in [0.717, 1.165) is 0 Å². The van der Waals surface area contributed by atoms with Crippen molar-refractivity contribution in [2.75, 3.05) is 13.1 Å². The molecule has 0 aliphatic rings. The van der Waals surface area contributed by atoms with Gasteiger partial charge in [-0.05, 0) is 67.5 Å². The maximum absolute atomic E-state index is 8.74. The summed E-state index contributed by atoms with van der Waals surface area (Å²) in [6.45, 7) is 20.5. The molecule has 4 N–H and O–H groups in total. The average Bonchev–Trinajstić information content (AvgIpc) is 3.02. The Hall–Kier alpha value is -0.210. The van der Waals surface area contributed by atoms with Crippen LogP contribution in [0, 0.1) is 0 Å². The van der Waals surface area contributed by atoms with E-state index in [2.05, 4.69) is 66.0 Å². The lowest BCUT2D eigenvalue weighted by molar-refractivity contribution is 0.381. The lowest BCUT2D eigenvalue weighted by Crippen LogP contribution is -2.36. The molecule has 0 bridgehead atoms. The molecule has 0 amide bonds. The molecule has 0 heterocycles. The Kier molecular flexibility index (Phi) is 44.3. The Bertz CT molecular complexity index is 691. The molecule has 0 aliphatic heterocycles. The molecule has 0 unspecified atom stereocenters. The van der Waals surface area contributed by atoms with Gasteiger partial charge in [-0.15, -0.1) is 0 Å². The number of nitrogens with one attached hydrogen (secondary N) is 2. The highest BCUT2D eigenvalue weighted by molar-refractivity contribution is 7.79. The van der Waals surface area contributed by atoms with Crippen LogP contribution < -0.4 is 10.6 Å². The van der Waals surface area contributed by atoms with Gasteiger partial charge in [-0.3, -0.25) is 9.11 Å². The van der Waals surface area contributed by atoms with E-state index in [1.807, 2.05) is 0 Å². The zero-order chi connectivity index (χ0) is 39.0. The van der Waals surface area contributed by atoms with Crippen molar-refractivity contribution in [3.05, 3.63) is 0 Å². The van der Waals surface area contributed by atoms with Crippen LogP contribution in [0.5, 0.6) is 0 Å². The van der Waals surface area contributed by atoms with E-state index in [-0.39, 0.29) is 11.1 Å². The van der Waals surface area contributed by atoms with E-state index in [9.17, 15) is 0 Å². The fourth-order valence-corrected chi connectivity index (χ4v) is 6.27. The topological polar surface area (TPSA) is 98.7 Å². The highest BCUT2D eigenvalue weighted by Crippen LogP contribution is 2.15. The third-order valence-electron chi connectivity index (χ3n) is 9.37. The molecule has 0 saturated heterocycles. The number of hydrogen-bond donors (Lipinski definition) is 4. The predicted molar refractivity (Wildman–Crippen MR) is 229 cm³/mol. The van der Waals surface area contributed by atoms with Crippen LogP contribution in [0.15, 0.2) is 0 Å². The van der Waals surface area contributed by atoms with Crippen molar-refractivity contribution < 1.29 is 17.5 Å². The predicted octanol–water partition coefficient (Wildman–Crippen LogP) is 14.6. The lowest BCUT2D eigenvalue weighted by atomic mass is 10.0. The van der Waals surface area contributed by atoms with Crippen LogP contribution in [0.2, 0.25) is 0 Å². The van der Waals surface area contributed by atoms with Gasteiger partial charge < -0.3 is 10.6 Å². The standard InChI is InChI=1S/2C22H47N.H2O4S/c2*1-5-6-7-8-9-10-11-12-13-14-15-16-17-18-19-20-21-23-22(2,3)4;1-5(2,3)4/h2*23H,5-21H2,1-4H3;(H2,1,2,3,4). The van der Waals surface area contributed by atoms with E-state index in [4.69, 9.17) is 17.5 Å². The van der Waals surface area contributed by atoms with Gasteiger partial charge in [0.05, 0.1) is 0 Å². The summed E-state index contributed by atoms with van der Waals surface area (Å²) in [5.41, 5.74) is 0.574. The van der Waals surface area contributed by atoms with Crippen LogP contribution in [0.25, 0.3) is 0 Å². The van der Waals surface area contributed by atoms with Gasteiger partial charge in [-0.25, -0.2) is 0 Å². The number of unbranched alkanes of at least 4 members (excludes halogenated alkanes) is 30. The first kappa shape index (κ1) is 55.1. The monoisotopic (exact) mass is 749 g/mol. The van der Waals surface area contributed by atoms with Gasteiger partial charge in [0.2, 0.25) is 0 Å². The van der Waals surface area contributed by atoms with Gasteiger partial charge in [0.15, 0.2) is 0 Å². The average molecular weight is 749 g/mol. The quantitative estimate of drug-likeness (QED) is 0.0386. The highest BCUT2D eigenvalue weighted by Gasteiger charge is 2.07. The second-order valence-electron chi connectivity index (χ2n) is 17.4. The molecular formula is C44H96N2O4S. The minimum atomic E-state index is -4.67. The minimum Gasteiger partial charge on any atom is -0.312 e. The van der Waals surface area contributed by atoms with Crippen LogP contribution in [-0.4, -0.2) is 41.7 Å². The van der Waals surface area contributed by atoms with E-state index < -0.39 is 10.4 Å². The van der Waals surface area contributed by atoms with Crippen LogP contribution in [0.4, 0.5) is 0 Å². The van der Waals surface area contributed by atoms with Crippen molar-refractivity contribution in [2.24, 2.45) is 0 Å². The molecule has 0 spiro atoms. The van der Waals surface area contributed by atoms with E-state index in [1.54, 1.807) is 0 Å². The highest BCUT2D eigenvalue weighted by atomic mass is 32.3. The third-order valence-corrected chi connectivity index (χ3v) is 9.37. The van der Waals surface area contributed by atoms with Crippen molar-refractivity contribution in [3.8, 4) is 0 Å². The molecule has 6 nitrogen and oxygen atoms in total. The van der Waals surface area contributed by atoms with Gasteiger partial charge in [0, 0.05) is 11.1 Å². The molecule has 0 fully saturated rings. The minimum absolute atomic E-state index is 0.287. The Labute approximate surface area is 322 Å². The summed E-state index contributed by atoms with van der Waals surface area (Å²) < 4.78 is 31.6. The summed E-state index contributed by atoms with van der Waals surface area (Å²) in [7, 11) is -4.67. The van der Waals surface area contributed by atoms with E-state index >= 15 is 0 Å². The Morgan fingerprint density at radius 1 is 0.333 bits per heavy atom. The van der Waals surface area contributed by atoms with Crippen molar-refractivity contribution in [1.29, 1.82) is 0 Å². The Balaban J connectivity index is -0.000000796. The van der Waals surface area contributed by atoms with Gasteiger partial charge in [-0.2, -0.15) is 8.42 Å². The summed E-state index contributed by atoms with van der Waals surface area (Å²) in [6, 6.07) is 0. The second kappa shape index (κ2) is 41.0. The molecular weight excluding hydrogens is 653 g/mol. The fraction of sp³-hybridized carbons (Fsp3) is 1.00. The second-order valence-corrected chi connectivity index (χ2v) is 18.3. The van der Waals surface area contributed by atoms with Gasteiger partial charge in [0.25, 0.3) is 0 Å². The van der Waals surface area contributed by atoms with Crippen LogP contribution in [0.3, 0.4) is 0 Å². The molecule has 0 radical (unpaired) electrons. The first-order chi connectivity index (χ1) is 24.1. The van der Waals surface area contributed by atoms with Crippen LogP contribution in [0.1, 0.15) is 261 Å². The maximum atomic E-state index is 8.74. The van der Waals surface area contributed by atoms with Gasteiger partial charge in [-0.1, -0.05) is 206 Å². The van der Waals surface area contributed by atoms with Crippen molar-refractivity contribution in [1.82, 2.24) is 10.6 Å². The van der Waals surface area contributed by atoms with E-state index in [1.165, 1.54) is 219 Å². The van der Waals surface area contributed by atoms with Gasteiger partial charge >= 0.3 is 10.4 Å². The van der Waals surface area contributed by atoms with Gasteiger partial charge in [0.1, 0.15) is 0 Å². The van der Waals surface area contributed by atoms with Crippen LogP contribution in [-0.2, 0) is 10.4 Å². The lowest BCUT2D eigenvalue weighted by Gasteiger charge is -2.20. The fourth-order valence-electron chi connectivity index (χ4n) is 6.27. The zero-order valence-corrected chi connectivity index (χ0v) is 37.0. The number of rotatable bonds is 34. The summed E-state index contributed by atoms with van der Waals surface area (Å²) in [5, 5.41) is 7.14. The molecule has 0 aromatic rings. The molecule has 7 heteroatoms. The third kappa shape index (κ3) is 71.8. The molecule has 312 valence electrons. The number of hydrogen-bond acceptors (Lipinski definition) is 4. The molecule has 0 aliphatic carbocycles. The summed E-state index contributed by atoms with van der Waals surface area (Å²) in [6.07, 6.45) is 46.3. The van der Waals surface area contributed by atoms with Crippen molar-refractivity contribution >= 4 is 10.4 Å². The normalized spacial score (nSPS) is 12.0. The maximum Gasteiger partial charge on any atom is 0.394 e. The first-order valence-corrected chi connectivity index (χ1v) is 23.7. The van der Waals surface area contributed by atoms with Crippen molar-refractivity contribution in [3.63, 3.8) is 0 Å². The SMILES string of the molecule is CCCCCCCCCCCCCCCCCCNC(C)(C)C.CCCCCCCCCCCCCCCCCCNC(C)(C)C.O=S(=O)(O)O. The molecule has 0 aromatic heterocycles. The Morgan fingerprint density at radius 2 is 0.471 bits per heavy atom. The molecule has 0 aromatic carbocycles.